The molecule has 1 nitrogen and oxygen atoms in total. The molecule has 4 fully saturated rings. The van der Waals surface area contributed by atoms with Gasteiger partial charge >= 0.3 is 0 Å². The summed E-state index contributed by atoms with van der Waals surface area (Å²) in [6.45, 7) is 2.42. The lowest BCUT2D eigenvalue weighted by atomic mass is 9.43. The second kappa shape index (κ2) is 4.38. The normalized spacial score (nSPS) is 44.0. The molecule has 5 rings (SSSR count). The molecule has 1 heterocycles. The van der Waals surface area contributed by atoms with E-state index in [1.54, 1.807) is 0 Å². The molecule has 0 aromatic carbocycles. The van der Waals surface area contributed by atoms with E-state index in [0.29, 0.717) is 14.1 Å². The summed E-state index contributed by atoms with van der Waals surface area (Å²) in [7, 11) is 0. The van der Waals surface area contributed by atoms with Crippen LogP contribution >= 0.6 is 34.5 Å². The van der Waals surface area contributed by atoms with Crippen molar-refractivity contribution < 1.29 is 5.11 Å². The van der Waals surface area contributed by atoms with Gasteiger partial charge in [0.1, 0.15) is 4.34 Å². The van der Waals surface area contributed by atoms with Crippen LogP contribution in [0.2, 0.25) is 8.67 Å². The Bertz CT molecular complexity index is 539. The predicted molar refractivity (Wildman–Crippen MR) is 84.5 cm³/mol. The van der Waals surface area contributed by atoms with Gasteiger partial charge in [0.15, 0.2) is 0 Å². The average Bonchev–Trinajstić information content (AvgIpc) is 2.64. The van der Waals surface area contributed by atoms with Crippen LogP contribution in [0.4, 0.5) is 0 Å². The van der Waals surface area contributed by atoms with Gasteiger partial charge in [0.25, 0.3) is 0 Å². The molecule has 3 unspecified atom stereocenters. The maximum atomic E-state index is 11.1. The molecule has 0 amide bonds. The summed E-state index contributed by atoms with van der Waals surface area (Å²) in [6.07, 6.45) is 7.14. The molecule has 3 atom stereocenters. The smallest absolute Gasteiger partial charge is 0.100 e. The molecular weight excluding hydrogens is 311 g/mol. The minimum atomic E-state index is -0.441. The number of rotatable bonds is 2. The minimum absolute atomic E-state index is 0.0485. The van der Waals surface area contributed by atoms with Gasteiger partial charge in [-0.2, -0.15) is 0 Å². The van der Waals surface area contributed by atoms with Crippen LogP contribution < -0.4 is 0 Å². The summed E-state index contributed by atoms with van der Waals surface area (Å²) in [5, 5.41) is 11.1. The van der Waals surface area contributed by atoms with Crippen LogP contribution in [0.1, 0.15) is 57.1 Å². The topological polar surface area (TPSA) is 20.2 Å². The van der Waals surface area contributed by atoms with E-state index in [1.807, 2.05) is 6.07 Å². The first-order chi connectivity index (χ1) is 9.39. The third-order valence-electron chi connectivity index (χ3n) is 5.96. The van der Waals surface area contributed by atoms with Crippen LogP contribution in [0, 0.1) is 22.7 Å². The lowest BCUT2D eigenvalue weighted by Crippen LogP contribution is -2.53. The van der Waals surface area contributed by atoms with Gasteiger partial charge in [-0.3, -0.25) is 0 Å². The lowest BCUT2D eigenvalue weighted by Gasteiger charge is -2.62. The Hall–Kier alpha value is 0.240. The summed E-state index contributed by atoms with van der Waals surface area (Å²) in [6, 6.07) is 1.88. The largest absolute Gasteiger partial charge is 0.388 e. The Morgan fingerprint density at radius 1 is 1.25 bits per heavy atom. The van der Waals surface area contributed by atoms with E-state index < -0.39 is 6.10 Å². The first kappa shape index (κ1) is 13.9. The van der Waals surface area contributed by atoms with Crippen LogP contribution in [0.5, 0.6) is 0 Å². The number of halogens is 2. The lowest BCUT2D eigenvalue weighted by molar-refractivity contribution is -0.155. The molecule has 1 aromatic rings. The predicted octanol–water partition coefficient (Wildman–Crippen LogP) is 5.69. The van der Waals surface area contributed by atoms with Gasteiger partial charge in [-0.25, -0.2) is 0 Å². The van der Waals surface area contributed by atoms with Gasteiger partial charge in [0.2, 0.25) is 0 Å². The summed E-state index contributed by atoms with van der Waals surface area (Å²) < 4.78 is 1.35. The van der Waals surface area contributed by atoms with Crippen LogP contribution in [0.25, 0.3) is 0 Å². The van der Waals surface area contributed by atoms with Crippen molar-refractivity contribution in [2.75, 3.05) is 0 Å². The fourth-order valence-electron chi connectivity index (χ4n) is 5.99. The summed E-state index contributed by atoms with van der Waals surface area (Å²) in [5.74, 6) is 1.62. The Balaban J connectivity index is 1.72. The summed E-state index contributed by atoms with van der Waals surface area (Å²) >= 11 is 13.7. The maximum absolute atomic E-state index is 11.1. The van der Waals surface area contributed by atoms with Crippen molar-refractivity contribution in [1.82, 2.24) is 0 Å². The Morgan fingerprint density at radius 3 is 2.40 bits per heavy atom. The van der Waals surface area contributed by atoms with Gasteiger partial charge in [-0.05, 0) is 61.8 Å². The zero-order valence-electron chi connectivity index (χ0n) is 11.7. The first-order valence-electron chi connectivity index (χ1n) is 7.52. The number of hydrogen-bond acceptors (Lipinski definition) is 2. The van der Waals surface area contributed by atoms with Gasteiger partial charge < -0.3 is 5.11 Å². The van der Waals surface area contributed by atoms with Crippen molar-refractivity contribution in [2.24, 2.45) is 22.7 Å². The highest BCUT2D eigenvalue weighted by molar-refractivity contribution is 7.20. The number of aliphatic hydroxyl groups excluding tert-OH is 1. The maximum Gasteiger partial charge on any atom is 0.100 e. The van der Waals surface area contributed by atoms with Crippen molar-refractivity contribution in [3.8, 4) is 0 Å². The molecule has 4 aliphatic rings. The quantitative estimate of drug-likeness (QED) is 0.737. The van der Waals surface area contributed by atoms with E-state index in [1.165, 1.54) is 43.4 Å². The molecule has 4 heteroatoms. The average molecular weight is 331 g/mol. The van der Waals surface area contributed by atoms with Crippen molar-refractivity contribution in [3.05, 3.63) is 20.3 Å². The van der Waals surface area contributed by atoms with E-state index >= 15 is 0 Å². The Kier molecular flexibility index (Phi) is 3.04. The Morgan fingerprint density at radius 2 is 1.90 bits per heavy atom. The van der Waals surface area contributed by atoms with E-state index in [-0.39, 0.29) is 5.41 Å². The zero-order chi connectivity index (χ0) is 14.1. The third-order valence-corrected chi connectivity index (χ3v) is 7.47. The highest BCUT2D eigenvalue weighted by Crippen LogP contribution is 2.68. The van der Waals surface area contributed by atoms with Crippen molar-refractivity contribution in [2.45, 2.75) is 51.6 Å². The molecule has 0 aliphatic heterocycles. The van der Waals surface area contributed by atoms with Crippen LogP contribution in [0.15, 0.2) is 6.07 Å². The van der Waals surface area contributed by atoms with E-state index in [2.05, 4.69) is 6.92 Å². The summed E-state index contributed by atoms with van der Waals surface area (Å²) in [5.41, 5.74) is 1.36. The van der Waals surface area contributed by atoms with Crippen molar-refractivity contribution in [1.29, 1.82) is 0 Å². The molecule has 110 valence electrons. The fourth-order valence-corrected chi connectivity index (χ4v) is 7.51. The second-order valence-corrected chi connectivity index (χ2v) is 10.1. The van der Waals surface area contributed by atoms with Gasteiger partial charge in [0, 0.05) is 11.0 Å². The van der Waals surface area contributed by atoms with Crippen molar-refractivity contribution >= 4 is 34.5 Å². The molecule has 20 heavy (non-hydrogen) atoms. The van der Waals surface area contributed by atoms with Gasteiger partial charge in [0.05, 0.1) is 10.4 Å². The number of aliphatic hydroxyl groups is 1. The summed E-state index contributed by atoms with van der Waals surface area (Å²) in [4.78, 5) is 0. The molecule has 4 aliphatic carbocycles. The molecule has 0 radical (unpaired) electrons. The molecule has 1 aromatic heterocycles. The minimum Gasteiger partial charge on any atom is -0.388 e. The highest BCUT2D eigenvalue weighted by atomic mass is 35.5. The molecule has 4 saturated carbocycles. The first-order valence-corrected chi connectivity index (χ1v) is 9.09. The molecule has 0 spiro atoms. The van der Waals surface area contributed by atoms with E-state index in [9.17, 15) is 5.11 Å². The molecule has 1 N–H and O–H groups in total. The Labute approximate surface area is 134 Å². The van der Waals surface area contributed by atoms with Crippen LogP contribution in [-0.4, -0.2) is 5.11 Å². The van der Waals surface area contributed by atoms with Crippen LogP contribution in [0.3, 0.4) is 0 Å². The molecule has 4 bridgehead atoms. The highest BCUT2D eigenvalue weighted by Gasteiger charge is 2.58. The third kappa shape index (κ3) is 1.99. The standard InChI is InChI=1S/C16H20Cl2OS/c1-15-4-9-2-10(5-15)7-16(6-9,8-15)13(19)11-3-12(17)20-14(11)18/h3,9-10,13,19H,2,4-8H2,1H3. The second-order valence-electron chi connectivity index (χ2n) is 7.82. The monoisotopic (exact) mass is 330 g/mol. The molecule has 0 saturated heterocycles. The van der Waals surface area contributed by atoms with Crippen LogP contribution in [-0.2, 0) is 0 Å². The number of thiophene rings is 1. The van der Waals surface area contributed by atoms with Gasteiger partial charge in [-0.15, -0.1) is 11.3 Å². The number of hydrogen-bond donors (Lipinski definition) is 1. The molecular formula is C16H20Cl2OS. The SMILES string of the molecule is CC12CC3CC(C1)CC(C(O)c1cc(Cl)sc1Cl)(C3)C2. The zero-order valence-corrected chi connectivity index (χ0v) is 14.0. The fraction of sp³-hybridized carbons (Fsp3) is 0.750. The van der Waals surface area contributed by atoms with Crippen molar-refractivity contribution in [3.63, 3.8) is 0 Å². The van der Waals surface area contributed by atoms with E-state index in [4.69, 9.17) is 23.2 Å². The van der Waals surface area contributed by atoms with E-state index in [0.717, 1.165) is 23.8 Å². The van der Waals surface area contributed by atoms with Gasteiger partial charge in [-0.1, -0.05) is 30.1 Å².